The van der Waals surface area contributed by atoms with E-state index in [1.807, 2.05) is 12.2 Å². The molecule has 0 aliphatic heterocycles. The van der Waals surface area contributed by atoms with Crippen LogP contribution >= 0.6 is 22.6 Å². The maximum atomic E-state index is 3.75. The van der Waals surface area contributed by atoms with Crippen LogP contribution in [-0.4, -0.2) is 0 Å². The van der Waals surface area contributed by atoms with Crippen LogP contribution in [0.25, 0.3) is 21.9 Å². The molecule has 0 radical (unpaired) electrons. The highest BCUT2D eigenvalue weighted by molar-refractivity contribution is 14.1. The quantitative estimate of drug-likeness (QED) is 0.503. The van der Waals surface area contributed by atoms with Gasteiger partial charge in [-0.1, -0.05) is 49.1 Å². The molecule has 0 spiro atoms. The molecular weight excluding hydrogens is 331 g/mol. The first-order chi connectivity index (χ1) is 8.74. The zero-order valence-electron chi connectivity index (χ0n) is 10.2. The SMILES string of the molecule is C=C/C=C\C1=C(C)c2ccc(I)c3cccc1c23. The average Bonchev–Trinajstić information content (AvgIpc) is 2.66. The molecule has 0 heterocycles. The van der Waals surface area contributed by atoms with Gasteiger partial charge in [0.15, 0.2) is 0 Å². The van der Waals surface area contributed by atoms with Crippen LogP contribution in [-0.2, 0) is 0 Å². The van der Waals surface area contributed by atoms with Crippen molar-refractivity contribution in [3.05, 3.63) is 69.8 Å². The third-order valence-corrected chi connectivity index (χ3v) is 4.43. The van der Waals surface area contributed by atoms with Crippen LogP contribution < -0.4 is 0 Å². The number of benzene rings is 2. The van der Waals surface area contributed by atoms with Crippen molar-refractivity contribution >= 4 is 44.5 Å². The largest absolute Gasteiger partial charge is 0.0991 e. The van der Waals surface area contributed by atoms with Crippen LogP contribution in [0.3, 0.4) is 0 Å². The summed E-state index contributed by atoms with van der Waals surface area (Å²) in [5, 5.41) is 2.75. The number of halogens is 1. The van der Waals surface area contributed by atoms with E-state index >= 15 is 0 Å². The molecule has 0 unspecified atom stereocenters. The first-order valence-electron chi connectivity index (χ1n) is 5.96. The molecule has 0 aromatic heterocycles. The fourth-order valence-corrected chi connectivity index (χ4v) is 3.26. The normalized spacial score (nSPS) is 13.9. The van der Waals surface area contributed by atoms with Gasteiger partial charge in [-0.05, 0) is 68.6 Å². The molecule has 0 saturated heterocycles. The van der Waals surface area contributed by atoms with E-state index in [4.69, 9.17) is 0 Å². The first kappa shape index (κ1) is 11.7. The van der Waals surface area contributed by atoms with Crippen LogP contribution in [0, 0.1) is 3.57 Å². The van der Waals surface area contributed by atoms with Gasteiger partial charge >= 0.3 is 0 Å². The van der Waals surface area contributed by atoms with E-state index in [2.05, 4.69) is 72.5 Å². The third kappa shape index (κ3) is 1.57. The van der Waals surface area contributed by atoms with Gasteiger partial charge in [0.1, 0.15) is 0 Å². The summed E-state index contributed by atoms with van der Waals surface area (Å²) >= 11 is 2.41. The fraction of sp³-hybridized carbons (Fsp3) is 0.0588. The highest BCUT2D eigenvalue weighted by atomic mass is 127. The second-order valence-electron chi connectivity index (χ2n) is 4.46. The summed E-state index contributed by atoms with van der Waals surface area (Å²) in [6, 6.07) is 11.0. The van der Waals surface area contributed by atoms with Gasteiger partial charge in [-0.2, -0.15) is 0 Å². The van der Waals surface area contributed by atoms with Crippen LogP contribution in [0.15, 0.2) is 55.1 Å². The molecule has 0 fully saturated rings. The lowest BCUT2D eigenvalue weighted by atomic mass is 10.0. The minimum atomic E-state index is 1.31. The molecular formula is C17H13I. The van der Waals surface area contributed by atoms with Crippen molar-refractivity contribution in [1.82, 2.24) is 0 Å². The summed E-state index contributed by atoms with van der Waals surface area (Å²) in [6.07, 6.45) is 5.99. The Morgan fingerprint density at radius 3 is 2.72 bits per heavy atom. The minimum absolute atomic E-state index is 1.31. The van der Waals surface area contributed by atoms with Crippen LogP contribution in [0.4, 0.5) is 0 Å². The van der Waals surface area contributed by atoms with Gasteiger partial charge in [0.25, 0.3) is 0 Å². The molecule has 0 N–H and O–H groups in total. The predicted octanol–water partition coefficient (Wildman–Crippen LogP) is 5.43. The lowest BCUT2D eigenvalue weighted by Gasteiger charge is -2.04. The lowest BCUT2D eigenvalue weighted by molar-refractivity contribution is 1.64. The highest BCUT2D eigenvalue weighted by Gasteiger charge is 2.20. The van der Waals surface area contributed by atoms with Crippen molar-refractivity contribution in [3.8, 4) is 0 Å². The van der Waals surface area contributed by atoms with E-state index in [0.29, 0.717) is 0 Å². The smallest absolute Gasteiger partial charge is 0.0209 e. The number of hydrogen-bond donors (Lipinski definition) is 0. The number of hydrogen-bond acceptors (Lipinski definition) is 0. The maximum Gasteiger partial charge on any atom is 0.0209 e. The monoisotopic (exact) mass is 344 g/mol. The molecule has 2 aromatic rings. The Hall–Kier alpha value is -1.35. The summed E-state index contributed by atoms with van der Waals surface area (Å²) < 4.78 is 1.31. The van der Waals surface area contributed by atoms with Crippen LogP contribution in [0.2, 0.25) is 0 Å². The van der Waals surface area contributed by atoms with Crippen molar-refractivity contribution in [2.24, 2.45) is 0 Å². The minimum Gasteiger partial charge on any atom is -0.0991 e. The van der Waals surface area contributed by atoms with Gasteiger partial charge < -0.3 is 0 Å². The fourth-order valence-electron chi connectivity index (χ4n) is 2.63. The average molecular weight is 344 g/mol. The van der Waals surface area contributed by atoms with Crippen molar-refractivity contribution in [1.29, 1.82) is 0 Å². The molecule has 88 valence electrons. The number of rotatable bonds is 2. The van der Waals surface area contributed by atoms with Gasteiger partial charge in [0.2, 0.25) is 0 Å². The maximum absolute atomic E-state index is 3.75. The van der Waals surface area contributed by atoms with Gasteiger partial charge in [-0.25, -0.2) is 0 Å². The number of allylic oxidation sites excluding steroid dienone is 5. The van der Waals surface area contributed by atoms with E-state index in [-0.39, 0.29) is 0 Å². The van der Waals surface area contributed by atoms with E-state index in [9.17, 15) is 0 Å². The molecule has 0 amide bonds. The second-order valence-corrected chi connectivity index (χ2v) is 5.62. The van der Waals surface area contributed by atoms with Crippen molar-refractivity contribution < 1.29 is 0 Å². The Balaban J connectivity index is 2.39. The third-order valence-electron chi connectivity index (χ3n) is 3.48. The standard InChI is InChI=1S/C17H13I/c1-3-4-6-12-11(2)13-9-10-16(18)15-8-5-7-14(12)17(13)15/h3-10H,1H2,2H3/b6-4-. The molecule has 1 aliphatic carbocycles. The Morgan fingerprint density at radius 1 is 1.11 bits per heavy atom. The first-order valence-corrected chi connectivity index (χ1v) is 7.04. The van der Waals surface area contributed by atoms with Gasteiger partial charge in [0.05, 0.1) is 0 Å². The Kier molecular flexibility index (Phi) is 2.86. The van der Waals surface area contributed by atoms with Gasteiger partial charge in [-0.15, -0.1) is 0 Å². The second kappa shape index (κ2) is 4.39. The molecule has 18 heavy (non-hydrogen) atoms. The predicted molar refractivity (Wildman–Crippen MR) is 88.5 cm³/mol. The lowest BCUT2D eigenvalue weighted by Crippen LogP contribution is -1.83. The van der Waals surface area contributed by atoms with Crippen molar-refractivity contribution in [2.75, 3.05) is 0 Å². The molecule has 0 bridgehead atoms. The topological polar surface area (TPSA) is 0 Å². The van der Waals surface area contributed by atoms with Crippen molar-refractivity contribution in [3.63, 3.8) is 0 Å². The summed E-state index contributed by atoms with van der Waals surface area (Å²) in [5.41, 5.74) is 5.38. The molecule has 3 rings (SSSR count). The van der Waals surface area contributed by atoms with Crippen LogP contribution in [0.1, 0.15) is 18.1 Å². The van der Waals surface area contributed by atoms with E-state index < -0.39 is 0 Å². The molecule has 0 nitrogen and oxygen atoms in total. The highest BCUT2D eigenvalue weighted by Crippen LogP contribution is 2.43. The zero-order chi connectivity index (χ0) is 12.7. The summed E-state index contributed by atoms with van der Waals surface area (Å²) in [4.78, 5) is 0. The molecule has 2 aromatic carbocycles. The van der Waals surface area contributed by atoms with E-state index in [1.165, 1.54) is 36.6 Å². The molecule has 0 saturated carbocycles. The Morgan fingerprint density at radius 2 is 1.94 bits per heavy atom. The Bertz CT molecular complexity index is 718. The van der Waals surface area contributed by atoms with Gasteiger partial charge in [0, 0.05) is 3.57 Å². The van der Waals surface area contributed by atoms with Gasteiger partial charge in [-0.3, -0.25) is 0 Å². The molecule has 0 atom stereocenters. The molecule has 1 heteroatoms. The summed E-state index contributed by atoms with van der Waals surface area (Å²) in [5.74, 6) is 0. The summed E-state index contributed by atoms with van der Waals surface area (Å²) in [7, 11) is 0. The van der Waals surface area contributed by atoms with Crippen molar-refractivity contribution in [2.45, 2.75) is 6.92 Å². The van der Waals surface area contributed by atoms with E-state index in [1.54, 1.807) is 0 Å². The van der Waals surface area contributed by atoms with Crippen LogP contribution in [0.5, 0.6) is 0 Å². The Labute approximate surface area is 121 Å². The van der Waals surface area contributed by atoms with E-state index in [0.717, 1.165) is 0 Å². The summed E-state index contributed by atoms with van der Waals surface area (Å²) in [6.45, 7) is 5.95. The zero-order valence-corrected chi connectivity index (χ0v) is 12.4. The molecule has 1 aliphatic rings.